The maximum Gasteiger partial charge on any atom is 0.125 e. The molecule has 19 heavy (non-hydrogen) atoms. The molecule has 0 aliphatic carbocycles. The highest BCUT2D eigenvalue weighted by atomic mass is 79.9. The summed E-state index contributed by atoms with van der Waals surface area (Å²) in [6.45, 7) is 6.93. The van der Waals surface area contributed by atoms with Crippen LogP contribution < -0.4 is 4.74 Å². The lowest BCUT2D eigenvalue weighted by Crippen LogP contribution is -2.12. The number of halogens is 1. The van der Waals surface area contributed by atoms with Gasteiger partial charge in [0.1, 0.15) is 5.75 Å². The molecule has 1 unspecified atom stereocenters. The molecule has 1 aromatic carbocycles. The Balaban J connectivity index is 2.65. The normalized spacial score (nSPS) is 14.2. The lowest BCUT2D eigenvalue weighted by molar-refractivity contribution is 0.183. The number of aliphatic hydroxyl groups excluding tert-OH is 1. The molecule has 0 fully saturated rings. The molecule has 0 aliphatic heterocycles. The van der Waals surface area contributed by atoms with E-state index in [2.05, 4.69) is 29.8 Å². The summed E-state index contributed by atoms with van der Waals surface area (Å²) in [5.41, 5.74) is 0.847. The van der Waals surface area contributed by atoms with Gasteiger partial charge < -0.3 is 9.84 Å². The Bertz CT molecular complexity index is 377. The van der Waals surface area contributed by atoms with Crippen molar-refractivity contribution in [3.63, 3.8) is 0 Å². The van der Waals surface area contributed by atoms with Gasteiger partial charge >= 0.3 is 0 Å². The number of hydrogen-bond donors (Lipinski definition) is 1. The van der Waals surface area contributed by atoms with Crippen molar-refractivity contribution in [1.29, 1.82) is 0 Å². The predicted molar refractivity (Wildman–Crippen MR) is 83.6 cm³/mol. The Kier molecular flexibility index (Phi) is 7.47. The number of rotatable bonds is 8. The molecule has 1 rings (SSSR count). The highest BCUT2D eigenvalue weighted by Crippen LogP contribution is 2.29. The van der Waals surface area contributed by atoms with Crippen LogP contribution in [0.25, 0.3) is 0 Å². The van der Waals surface area contributed by atoms with Crippen LogP contribution in [0.5, 0.6) is 5.75 Å². The van der Waals surface area contributed by atoms with Gasteiger partial charge in [-0.25, -0.2) is 0 Å². The van der Waals surface area contributed by atoms with Gasteiger partial charge in [0.2, 0.25) is 0 Å². The van der Waals surface area contributed by atoms with E-state index in [0.717, 1.165) is 28.8 Å². The van der Waals surface area contributed by atoms with Crippen LogP contribution in [0.4, 0.5) is 0 Å². The molecular weight excluding hydrogens is 304 g/mol. The van der Waals surface area contributed by atoms with Crippen molar-refractivity contribution in [2.45, 2.75) is 52.6 Å². The van der Waals surface area contributed by atoms with Crippen molar-refractivity contribution in [3.8, 4) is 5.75 Å². The van der Waals surface area contributed by atoms with Crippen LogP contribution in [-0.4, -0.2) is 11.7 Å². The third-order valence-corrected chi connectivity index (χ3v) is 3.93. The first kappa shape index (κ1) is 16.5. The first-order valence-corrected chi connectivity index (χ1v) is 7.98. The summed E-state index contributed by atoms with van der Waals surface area (Å²) < 4.78 is 6.89. The lowest BCUT2D eigenvalue weighted by atomic mass is 10.0. The van der Waals surface area contributed by atoms with E-state index in [1.54, 1.807) is 6.92 Å². The molecule has 1 aromatic rings. The average Bonchev–Trinajstić information content (AvgIpc) is 2.40. The molecule has 0 amide bonds. The zero-order valence-corrected chi connectivity index (χ0v) is 13.7. The van der Waals surface area contributed by atoms with Gasteiger partial charge in [0.15, 0.2) is 0 Å². The maximum absolute atomic E-state index is 9.79. The standard InChI is InChI=1S/C16H25BrO2/c1-4-6-7-13(5-2)11-19-16-9-8-14(17)10-15(16)12(3)18/h8-10,12-13,18H,4-7,11H2,1-3H3/t12-,13?/m0/s1. The summed E-state index contributed by atoms with van der Waals surface area (Å²) in [6, 6.07) is 5.81. The topological polar surface area (TPSA) is 29.5 Å². The van der Waals surface area contributed by atoms with Crippen molar-refractivity contribution < 1.29 is 9.84 Å². The predicted octanol–water partition coefficient (Wildman–Crippen LogP) is 5.10. The fourth-order valence-electron chi connectivity index (χ4n) is 2.08. The Labute approximate surface area is 125 Å². The molecule has 3 heteroatoms. The molecule has 0 heterocycles. The number of unbranched alkanes of at least 4 members (excludes halogenated alkanes) is 1. The van der Waals surface area contributed by atoms with E-state index in [4.69, 9.17) is 4.74 Å². The van der Waals surface area contributed by atoms with Gasteiger partial charge in [-0.15, -0.1) is 0 Å². The van der Waals surface area contributed by atoms with Gasteiger partial charge in [-0.1, -0.05) is 49.0 Å². The Morgan fingerprint density at radius 3 is 2.63 bits per heavy atom. The molecular formula is C16H25BrO2. The van der Waals surface area contributed by atoms with Crippen molar-refractivity contribution >= 4 is 15.9 Å². The van der Waals surface area contributed by atoms with Gasteiger partial charge in [-0.05, 0) is 37.5 Å². The number of ether oxygens (including phenoxy) is 1. The monoisotopic (exact) mass is 328 g/mol. The van der Waals surface area contributed by atoms with Crippen molar-refractivity contribution in [2.75, 3.05) is 6.61 Å². The number of hydrogen-bond acceptors (Lipinski definition) is 2. The number of benzene rings is 1. The third kappa shape index (κ3) is 5.53. The minimum atomic E-state index is -0.511. The fourth-order valence-corrected chi connectivity index (χ4v) is 2.46. The van der Waals surface area contributed by atoms with Crippen LogP contribution in [0.2, 0.25) is 0 Å². The van der Waals surface area contributed by atoms with Gasteiger partial charge in [-0.3, -0.25) is 0 Å². The summed E-state index contributed by atoms with van der Waals surface area (Å²) in [6.07, 6.45) is 4.33. The highest BCUT2D eigenvalue weighted by Gasteiger charge is 2.12. The molecule has 0 saturated heterocycles. The smallest absolute Gasteiger partial charge is 0.125 e. The van der Waals surface area contributed by atoms with E-state index < -0.39 is 6.10 Å². The van der Waals surface area contributed by atoms with Crippen LogP contribution in [-0.2, 0) is 0 Å². The van der Waals surface area contributed by atoms with Gasteiger partial charge in [-0.2, -0.15) is 0 Å². The van der Waals surface area contributed by atoms with Crippen LogP contribution in [0, 0.1) is 5.92 Å². The van der Waals surface area contributed by atoms with Crippen LogP contribution in [0.15, 0.2) is 22.7 Å². The molecule has 0 bridgehead atoms. The Morgan fingerprint density at radius 1 is 1.32 bits per heavy atom. The van der Waals surface area contributed by atoms with E-state index in [0.29, 0.717) is 5.92 Å². The lowest BCUT2D eigenvalue weighted by Gasteiger charge is -2.18. The van der Waals surface area contributed by atoms with Gasteiger partial charge in [0.25, 0.3) is 0 Å². The molecule has 0 saturated carbocycles. The first-order chi connectivity index (χ1) is 9.08. The second kappa shape index (κ2) is 8.60. The molecule has 108 valence electrons. The summed E-state index contributed by atoms with van der Waals surface area (Å²) in [7, 11) is 0. The minimum absolute atomic E-state index is 0.511. The van der Waals surface area contributed by atoms with Crippen LogP contribution >= 0.6 is 15.9 Å². The van der Waals surface area contributed by atoms with Crippen molar-refractivity contribution in [1.82, 2.24) is 0 Å². The summed E-state index contributed by atoms with van der Waals surface area (Å²) >= 11 is 3.43. The minimum Gasteiger partial charge on any atom is -0.493 e. The van der Waals surface area contributed by atoms with Gasteiger partial charge in [0.05, 0.1) is 12.7 Å². The van der Waals surface area contributed by atoms with Gasteiger partial charge in [0, 0.05) is 10.0 Å². The fraction of sp³-hybridized carbons (Fsp3) is 0.625. The van der Waals surface area contributed by atoms with Crippen LogP contribution in [0.1, 0.15) is 58.1 Å². The zero-order chi connectivity index (χ0) is 14.3. The van der Waals surface area contributed by atoms with E-state index in [-0.39, 0.29) is 0 Å². The molecule has 0 spiro atoms. The Morgan fingerprint density at radius 2 is 2.05 bits per heavy atom. The van der Waals surface area contributed by atoms with Crippen LogP contribution in [0.3, 0.4) is 0 Å². The molecule has 0 radical (unpaired) electrons. The molecule has 2 nitrogen and oxygen atoms in total. The van der Waals surface area contributed by atoms with Crippen molar-refractivity contribution in [3.05, 3.63) is 28.2 Å². The van der Waals surface area contributed by atoms with E-state index in [9.17, 15) is 5.11 Å². The molecule has 0 aromatic heterocycles. The molecule has 1 N–H and O–H groups in total. The maximum atomic E-state index is 9.79. The second-order valence-electron chi connectivity index (χ2n) is 5.09. The second-order valence-corrected chi connectivity index (χ2v) is 6.00. The van der Waals surface area contributed by atoms with E-state index in [1.807, 2.05) is 18.2 Å². The summed E-state index contributed by atoms with van der Waals surface area (Å²) in [5, 5.41) is 9.79. The number of aliphatic hydroxyl groups is 1. The molecule has 2 atom stereocenters. The zero-order valence-electron chi connectivity index (χ0n) is 12.2. The summed E-state index contributed by atoms with van der Waals surface area (Å²) in [5.74, 6) is 1.40. The third-order valence-electron chi connectivity index (χ3n) is 3.44. The molecule has 0 aliphatic rings. The quantitative estimate of drug-likeness (QED) is 0.719. The highest BCUT2D eigenvalue weighted by molar-refractivity contribution is 9.10. The van der Waals surface area contributed by atoms with Crippen molar-refractivity contribution in [2.24, 2.45) is 5.92 Å². The summed E-state index contributed by atoms with van der Waals surface area (Å²) in [4.78, 5) is 0. The van der Waals surface area contributed by atoms with E-state index in [1.165, 1.54) is 19.3 Å². The first-order valence-electron chi connectivity index (χ1n) is 7.18. The SMILES string of the molecule is CCCCC(CC)COc1ccc(Br)cc1[C@H](C)O. The largest absolute Gasteiger partial charge is 0.493 e. The Hall–Kier alpha value is -0.540. The van der Waals surface area contributed by atoms with E-state index >= 15 is 0 Å². The average molecular weight is 329 g/mol.